The van der Waals surface area contributed by atoms with Crippen molar-refractivity contribution in [2.45, 2.75) is 25.9 Å². The minimum absolute atomic E-state index is 0.0696. The van der Waals surface area contributed by atoms with Gasteiger partial charge in [0.1, 0.15) is 5.82 Å². The lowest BCUT2D eigenvalue weighted by molar-refractivity contribution is 0.0917. The zero-order valence-electron chi connectivity index (χ0n) is 15.0. The average molecular weight is 439 g/mol. The maximum Gasteiger partial charge on any atom is 0.261 e. The molecule has 0 aliphatic carbocycles. The van der Waals surface area contributed by atoms with Gasteiger partial charge in [0.2, 0.25) is 0 Å². The van der Waals surface area contributed by atoms with Gasteiger partial charge in [-0.1, -0.05) is 34.5 Å². The molecule has 2 heterocycles. The fraction of sp³-hybridized carbons (Fsp3) is 0.300. The Bertz CT molecular complexity index is 1050. The number of hydrogen-bond acceptors (Lipinski definition) is 4. The molecule has 146 valence electrons. The first-order valence-electron chi connectivity index (χ1n) is 8.87. The lowest BCUT2D eigenvalue weighted by Crippen LogP contribution is -2.37. The van der Waals surface area contributed by atoms with E-state index in [4.69, 9.17) is 27.9 Å². The molecule has 0 bridgehead atoms. The predicted octanol–water partition coefficient (Wildman–Crippen LogP) is 5.88. The fourth-order valence-electron chi connectivity index (χ4n) is 3.31. The van der Waals surface area contributed by atoms with E-state index in [1.54, 1.807) is 4.90 Å². The van der Waals surface area contributed by atoms with E-state index in [9.17, 15) is 9.18 Å². The summed E-state index contributed by atoms with van der Waals surface area (Å²) < 4.78 is 20.1. The number of hydrogen-bond donors (Lipinski definition) is 0. The van der Waals surface area contributed by atoms with E-state index in [-0.39, 0.29) is 22.6 Å². The largest absolute Gasteiger partial charge is 0.376 e. The second kappa shape index (κ2) is 7.95. The van der Waals surface area contributed by atoms with Gasteiger partial charge in [0.05, 0.1) is 33.5 Å². The van der Waals surface area contributed by atoms with Crippen LogP contribution < -0.4 is 4.90 Å². The molecule has 1 amide bonds. The smallest absolute Gasteiger partial charge is 0.261 e. The maximum atomic E-state index is 13.4. The molecule has 0 radical (unpaired) electrons. The lowest BCUT2D eigenvalue weighted by atomic mass is 10.1. The second-order valence-electron chi connectivity index (χ2n) is 6.74. The number of aromatic nitrogens is 1. The molecule has 0 spiro atoms. The minimum Gasteiger partial charge on any atom is -0.376 e. The number of thiazole rings is 1. The third-order valence-corrected chi connectivity index (χ3v) is 6.24. The average Bonchev–Trinajstić information content (AvgIpc) is 3.28. The van der Waals surface area contributed by atoms with Gasteiger partial charge in [0.15, 0.2) is 5.13 Å². The Morgan fingerprint density at radius 3 is 2.89 bits per heavy atom. The Morgan fingerprint density at radius 2 is 2.18 bits per heavy atom. The Hall–Kier alpha value is -1.73. The first-order valence-corrected chi connectivity index (χ1v) is 10.4. The van der Waals surface area contributed by atoms with E-state index in [2.05, 4.69) is 4.98 Å². The summed E-state index contributed by atoms with van der Waals surface area (Å²) in [5.41, 5.74) is 1.98. The summed E-state index contributed by atoms with van der Waals surface area (Å²) in [6, 6.07) is 7.45. The molecule has 1 aliphatic heterocycles. The zero-order chi connectivity index (χ0) is 19.8. The Labute approximate surface area is 175 Å². The molecular weight excluding hydrogens is 422 g/mol. The number of fused-ring (bicyclic) bond motifs is 1. The van der Waals surface area contributed by atoms with Crippen LogP contribution in [-0.4, -0.2) is 30.1 Å². The summed E-state index contributed by atoms with van der Waals surface area (Å²) in [6.45, 7) is 2.97. The van der Waals surface area contributed by atoms with Gasteiger partial charge in [0, 0.05) is 11.6 Å². The third-order valence-electron chi connectivity index (χ3n) is 4.69. The van der Waals surface area contributed by atoms with Gasteiger partial charge in [-0.25, -0.2) is 9.37 Å². The van der Waals surface area contributed by atoms with Crippen LogP contribution >= 0.6 is 34.5 Å². The Balaban J connectivity index is 1.76. The molecule has 1 atom stereocenters. The number of anilines is 1. The van der Waals surface area contributed by atoms with Gasteiger partial charge in [-0.05, 0) is 55.7 Å². The number of aryl methyl sites for hydroxylation is 1. The number of carbonyl (C=O) groups is 1. The van der Waals surface area contributed by atoms with Crippen LogP contribution in [-0.2, 0) is 4.74 Å². The van der Waals surface area contributed by atoms with Gasteiger partial charge >= 0.3 is 0 Å². The lowest BCUT2D eigenvalue weighted by Gasteiger charge is -2.23. The topological polar surface area (TPSA) is 42.4 Å². The molecule has 1 aliphatic rings. The molecule has 2 aromatic carbocycles. The van der Waals surface area contributed by atoms with Crippen LogP contribution in [0.4, 0.5) is 9.52 Å². The van der Waals surface area contributed by atoms with Gasteiger partial charge in [-0.3, -0.25) is 9.69 Å². The number of halogens is 3. The highest BCUT2D eigenvalue weighted by molar-refractivity contribution is 7.22. The Kier molecular flexibility index (Phi) is 5.56. The zero-order valence-corrected chi connectivity index (χ0v) is 17.4. The second-order valence-corrected chi connectivity index (χ2v) is 8.59. The number of benzene rings is 2. The number of carbonyl (C=O) groups excluding carboxylic acids is 1. The molecule has 28 heavy (non-hydrogen) atoms. The molecule has 1 fully saturated rings. The van der Waals surface area contributed by atoms with Crippen LogP contribution in [0.3, 0.4) is 0 Å². The van der Waals surface area contributed by atoms with Crippen molar-refractivity contribution in [3.05, 3.63) is 57.3 Å². The van der Waals surface area contributed by atoms with Crippen molar-refractivity contribution >= 4 is 55.8 Å². The van der Waals surface area contributed by atoms with E-state index in [1.165, 1.54) is 23.5 Å². The van der Waals surface area contributed by atoms with Crippen LogP contribution in [0.2, 0.25) is 10.0 Å². The summed E-state index contributed by atoms with van der Waals surface area (Å²) in [4.78, 5) is 19.6. The number of amides is 1. The van der Waals surface area contributed by atoms with Crippen molar-refractivity contribution in [3.63, 3.8) is 0 Å². The molecule has 4 nitrogen and oxygen atoms in total. The van der Waals surface area contributed by atoms with Gasteiger partial charge < -0.3 is 4.74 Å². The molecule has 0 saturated carbocycles. The quantitative estimate of drug-likeness (QED) is 0.510. The van der Waals surface area contributed by atoms with Crippen molar-refractivity contribution in [2.24, 2.45) is 0 Å². The summed E-state index contributed by atoms with van der Waals surface area (Å²) in [7, 11) is 0. The highest BCUT2D eigenvalue weighted by atomic mass is 35.5. The third kappa shape index (κ3) is 3.87. The van der Waals surface area contributed by atoms with E-state index >= 15 is 0 Å². The van der Waals surface area contributed by atoms with E-state index < -0.39 is 5.82 Å². The highest BCUT2D eigenvalue weighted by Crippen LogP contribution is 2.35. The van der Waals surface area contributed by atoms with Gasteiger partial charge in [0.25, 0.3) is 5.91 Å². The summed E-state index contributed by atoms with van der Waals surface area (Å²) >= 11 is 13.7. The fourth-order valence-corrected chi connectivity index (χ4v) is 4.98. The van der Waals surface area contributed by atoms with Crippen LogP contribution in [0.5, 0.6) is 0 Å². The van der Waals surface area contributed by atoms with Crippen molar-refractivity contribution in [3.8, 4) is 0 Å². The van der Waals surface area contributed by atoms with E-state index in [0.717, 1.165) is 34.7 Å². The molecule has 1 unspecified atom stereocenters. The first-order chi connectivity index (χ1) is 13.4. The predicted molar refractivity (Wildman–Crippen MR) is 111 cm³/mol. The van der Waals surface area contributed by atoms with Gasteiger partial charge in [-0.2, -0.15) is 0 Å². The van der Waals surface area contributed by atoms with Crippen LogP contribution in [0.1, 0.15) is 28.8 Å². The van der Waals surface area contributed by atoms with Crippen LogP contribution in [0.25, 0.3) is 10.2 Å². The van der Waals surface area contributed by atoms with Crippen LogP contribution in [0.15, 0.2) is 30.3 Å². The molecule has 0 N–H and O–H groups in total. The normalized spacial score (nSPS) is 16.6. The summed E-state index contributed by atoms with van der Waals surface area (Å²) in [5, 5.41) is 1.24. The molecule has 1 saturated heterocycles. The maximum absolute atomic E-state index is 13.4. The minimum atomic E-state index is -0.488. The van der Waals surface area contributed by atoms with Crippen LogP contribution in [0, 0.1) is 12.7 Å². The van der Waals surface area contributed by atoms with Crippen molar-refractivity contribution in [1.82, 2.24) is 4.98 Å². The van der Waals surface area contributed by atoms with Crippen molar-refractivity contribution < 1.29 is 13.9 Å². The first kappa shape index (κ1) is 19.6. The highest BCUT2D eigenvalue weighted by Gasteiger charge is 2.28. The number of nitrogens with zero attached hydrogens (tertiary/aromatic N) is 2. The van der Waals surface area contributed by atoms with Crippen molar-refractivity contribution in [1.29, 1.82) is 0 Å². The standard InChI is InChI=1S/C20H17Cl2FN2O2S/c1-11-7-12(21)8-17-18(11)24-20(28-17)25(10-14-3-2-6-27-14)19(26)15-5-4-13(23)9-16(15)22/h4-5,7-9,14H,2-3,6,10H2,1H3. The summed E-state index contributed by atoms with van der Waals surface area (Å²) in [6.07, 6.45) is 1.76. The number of rotatable bonds is 4. The monoisotopic (exact) mass is 438 g/mol. The molecule has 1 aromatic heterocycles. The molecular formula is C20H17Cl2FN2O2S. The van der Waals surface area contributed by atoms with E-state index in [0.29, 0.717) is 23.3 Å². The number of ether oxygens (including phenoxy) is 1. The SMILES string of the molecule is Cc1cc(Cl)cc2sc(N(CC3CCCO3)C(=O)c3ccc(F)cc3Cl)nc12. The Morgan fingerprint density at radius 1 is 1.36 bits per heavy atom. The summed E-state index contributed by atoms with van der Waals surface area (Å²) in [5.74, 6) is -0.819. The van der Waals surface area contributed by atoms with E-state index in [1.807, 2.05) is 19.1 Å². The van der Waals surface area contributed by atoms with Crippen molar-refractivity contribution in [2.75, 3.05) is 18.1 Å². The molecule has 4 rings (SSSR count). The molecule has 8 heteroatoms. The molecule has 3 aromatic rings. The van der Waals surface area contributed by atoms with Gasteiger partial charge in [-0.15, -0.1) is 0 Å².